The predicted molar refractivity (Wildman–Crippen MR) is 124 cm³/mol. The van der Waals surface area contributed by atoms with Gasteiger partial charge in [-0.2, -0.15) is 0 Å². The molecule has 30 heavy (non-hydrogen) atoms. The van der Waals surface area contributed by atoms with Crippen LogP contribution in [-0.4, -0.2) is 44.3 Å². The number of nitrogens with zero attached hydrogens (tertiary/aromatic N) is 4. The minimum atomic E-state index is 0.161. The number of ketones is 1. The summed E-state index contributed by atoms with van der Waals surface area (Å²) in [5.41, 5.74) is 2.06. The summed E-state index contributed by atoms with van der Waals surface area (Å²) in [5.74, 6) is 1.53. The monoisotopic (exact) mass is 440 g/mol. The van der Waals surface area contributed by atoms with Gasteiger partial charge in [0.25, 0.3) is 0 Å². The van der Waals surface area contributed by atoms with Crippen LogP contribution < -0.4 is 0 Å². The van der Waals surface area contributed by atoms with Crippen LogP contribution in [0.2, 0.25) is 0 Å². The number of hydrogen-bond donors (Lipinski definition) is 0. The molecule has 0 saturated carbocycles. The Morgan fingerprint density at radius 1 is 1.07 bits per heavy atom. The van der Waals surface area contributed by atoms with E-state index in [1.807, 2.05) is 26.0 Å². The molecule has 1 aliphatic rings. The maximum Gasteiger partial charge on any atom is 0.192 e. The Hall–Kier alpha value is -1.96. The second-order valence-electron chi connectivity index (χ2n) is 7.85. The Kier molecular flexibility index (Phi) is 7.02. The van der Waals surface area contributed by atoms with Crippen LogP contribution in [0.25, 0.3) is 0 Å². The third kappa shape index (κ3) is 5.20. The first-order valence-electron chi connectivity index (χ1n) is 10.5. The highest BCUT2D eigenvalue weighted by Crippen LogP contribution is 2.25. The highest BCUT2D eigenvalue weighted by molar-refractivity contribution is 7.99. The lowest BCUT2D eigenvalue weighted by Crippen LogP contribution is -2.30. The minimum absolute atomic E-state index is 0.161. The zero-order valence-corrected chi connectivity index (χ0v) is 19.3. The van der Waals surface area contributed by atoms with E-state index in [4.69, 9.17) is 0 Å². The van der Waals surface area contributed by atoms with E-state index in [1.54, 1.807) is 11.3 Å². The van der Waals surface area contributed by atoms with Crippen molar-refractivity contribution in [2.75, 3.05) is 18.8 Å². The minimum Gasteiger partial charge on any atom is -0.300 e. The Bertz CT molecular complexity index is 990. The van der Waals surface area contributed by atoms with E-state index in [9.17, 15) is 4.79 Å². The number of carbonyl (C=O) groups excluding carboxylic acids is 1. The first-order chi connectivity index (χ1) is 14.6. The number of thioether (sulfide) groups is 1. The lowest BCUT2D eigenvalue weighted by molar-refractivity contribution is 0.102. The second-order valence-corrected chi connectivity index (χ2v) is 10.2. The Balaban J connectivity index is 1.52. The molecular formula is C23H28N4OS2. The Morgan fingerprint density at radius 2 is 1.83 bits per heavy atom. The van der Waals surface area contributed by atoms with Crippen molar-refractivity contribution in [2.45, 2.75) is 51.4 Å². The van der Waals surface area contributed by atoms with Crippen molar-refractivity contribution in [3.63, 3.8) is 0 Å². The van der Waals surface area contributed by atoms with Crippen LogP contribution in [0.5, 0.6) is 0 Å². The van der Waals surface area contributed by atoms with Crippen molar-refractivity contribution in [1.82, 2.24) is 19.7 Å². The topological polar surface area (TPSA) is 51.0 Å². The molecule has 0 unspecified atom stereocenters. The number of hydrogen-bond acceptors (Lipinski definition) is 6. The molecule has 0 spiro atoms. The summed E-state index contributed by atoms with van der Waals surface area (Å²) in [4.78, 5) is 17.5. The van der Waals surface area contributed by atoms with Gasteiger partial charge < -0.3 is 4.57 Å². The molecule has 1 aromatic carbocycles. The number of aryl methyl sites for hydroxylation is 2. The van der Waals surface area contributed by atoms with Crippen LogP contribution in [-0.2, 0) is 13.1 Å². The number of thiophene rings is 1. The van der Waals surface area contributed by atoms with Crippen molar-refractivity contribution in [3.8, 4) is 0 Å². The molecule has 0 amide bonds. The van der Waals surface area contributed by atoms with Crippen molar-refractivity contribution < 1.29 is 4.79 Å². The third-order valence-electron chi connectivity index (χ3n) is 5.46. The van der Waals surface area contributed by atoms with Crippen molar-refractivity contribution in [3.05, 3.63) is 63.1 Å². The smallest absolute Gasteiger partial charge is 0.192 e. The summed E-state index contributed by atoms with van der Waals surface area (Å²) in [5, 5.41) is 9.81. The molecule has 0 bridgehead atoms. The highest BCUT2D eigenvalue weighted by atomic mass is 32.2. The van der Waals surface area contributed by atoms with Crippen LogP contribution in [0, 0.1) is 13.8 Å². The van der Waals surface area contributed by atoms with Crippen LogP contribution in [0.1, 0.15) is 50.8 Å². The van der Waals surface area contributed by atoms with Gasteiger partial charge in [-0.05, 0) is 51.4 Å². The number of likely N-dealkylation sites (tertiary alicyclic amines) is 1. The number of piperidine rings is 1. The van der Waals surface area contributed by atoms with Gasteiger partial charge in [0.15, 0.2) is 10.9 Å². The zero-order valence-electron chi connectivity index (χ0n) is 17.6. The molecule has 7 heteroatoms. The number of rotatable bonds is 8. The van der Waals surface area contributed by atoms with E-state index in [2.05, 4.69) is 43.9 Å². The molecule has 2 aromatic heterocycles. The van der Waals surface area contributed by atoms with Crippen molar-refractivity contribution in [2.24, 2.45) is 0 Å². The molecule has 1 aliphatic heterocycles. The van der Waals surface area contributed by atoms with E-state index in [0.717, 1.165) is 47.6 Å². The molecule has 158 valence electrons. The summed E-state index contributed by atoms with van der Waals surface area (Å²) in [7, 11) is 0. The molecule has 0 N–H and O–H groups in total. The van der Waals surface area contributed by atoms with Crippen LogP contribution in [0.3, 0.4) is 0 Å². The summed E-state index contributed by atoms with van der Waals surface area (Å²) in [6.45, 7) is 7.85. The number of Topliss-reactive ketones (excluding diaryl/α,β-unsaturated/α-hetero) is 1. The fourth-order valence-corrected chi connectivity index (χ4v) is 5.68. The fourth-order valence-electron chi connectivity index (χ4n) is 3.90. The van der Waals surface area contributed by atoms with Crippen LogP contribution in [0.15, 0.2) is 41.6 Å². The standard InChI is InChI=1S/C23H28N4OS2/c1-17-13-20(18(2)30-17)21(28)16-29-23-25-24-22(15-26-11-7-4-8-12-26)27(23)14-19-9-5-3-6-10-19/h3,5-6,9-10,13H,4,7-8,11-12,14-16H2,1-2H3. The van der Waals surface area contributed by atoms with E-state index in [0.29, 0.717) is 5.75 Å². The SMILES string of the molecule is Cc1cc(C(=O)CSc2nnc(CN3CCCCC3)n2Cc2ccccc2)c(C)s1. The quantitative estimate of drug-likeness (QED) is 0.366. The van der Waals surface area contributed by atoms with E-state index in [-0.39, 0.29) is 5.78 Å². The average Bonchev–Trinajstić information content (AvgIpc) is 3.29. The summed E-state index contributed by atoms with van der Waals surface area (Å²) < 4.78 is 2.19. The van der Waals surface area contributed by atoms with Gasteiger partial charge in [-0.25, -0.2) is 0 Å². The van der Waals surface area contributed by atoms with Crippen molar-refractivity contribution >= 4 is 28.9 Å². The maximum absolute atomic E-state index is 12.8. The lowest BCUT2D eigenvalue weighted by atomic mass is 10.1. The predicted octanol–water partition coefficient (Wildman–Crippen LogP) is 4.97. The third-order valence-corrected chi connectivity index (χ3v) is 7.40. The molecular weight excluding hydrogens is 412 g/mol. The highest BCUT2D eigenvalue weighted by Gasteiger charge is 2.19. The van der Waals surface area contributed by atoms with Crippen molar-refractivity contribution in [1.29, 1.82) is 0 Å². The molecule has 1 fully saturated rings. The molecule has 3 aromatic rings. The molecule has 4 rings (SSSR count). The zero-order chi connectivity index (χ0) is 20.9. The molecule has 0 aliphatic carbocycles. The van der Waals surface area contributed by atoms with Gasteiger partial charge in [-0.1, -0.05) is 48.5 Å². The fraction of sp³-hybridized carbons (Fsp3) is 0.435. The maximum atomic E-state index is 12.8. The van der Waals surface area contributed by atoms with E-state index >= 15 is 0 Å². The van der Waals surface area contributed by atoms with Crippen LogP contribution in [0.4, 0.5) is 0 Å². The molecule has 1 saturated heterocycles. The van der Waals surface area contributed by atoms with E-state index < -0.39 is 0 Å². The lowest BCUT2D eigenvalue weighted by Gasteiger charge is -2.26. The summed E-state index contributed by atoms with van der Waals surface area (Å²) in [6, 6.07) is 12.4. The van der Waals surface area contributed by atoms with Gasteiger partial charge in [-0.3, -0.25) is 9.69 Å². The number of aromatic nitrogens is 3. The van der Waals surface area contributed by atoms with Gasteiger partial charge in [0, 0.05) is 15.3 Å². The first kappa shape index (κ1) is 21.3. The number of benzene rings is 1. The van der Waals surface area contributed by atoms with Gasteiger partial charge >= 0.3 is 0 Å². The molecule has 0 radical (unpaired) electrons. The van der Waals surface area contributed by atoms with Gasteiger partial charge in [0.2, 0.25) is 0 Å². The summed E-state index contributed by atoms with van der Waals surface area (Å²) >= 11 is 3.17. The normalized spacial score (nSPS) is 14.9. The largest absolute Gasteiger partial charge is 0.300 e. The molecule has 3 heterocycles. The second kappa shape index (κ2) is 9.90. The van der Waals surface area contributed by atoms with Crippen LogP contribution >= 0.6 is 23.1 Å². The Labute approximate surface area is 186 Å². The summed E-state index contributed by atoms with van der Waals surface area (Å²) in [6.07, 6.45) is 3.82. The number of carbonyl (C=O) groups is 1. The first-order valence-corrected chi connectivity index (χ1v) is 12.3. The van der Waals surface area contributed by atoms with Gasteiger partial charge in [-0.15, -0.1) is 21.5 Å². The molecule has 0 atom stereocenters. The Morgan fingerprint density at radius 3 is 2.53 bits per heavy atom. The van der Waals surface area contributed by atoms with Gasteiger partial charge in [0.05, 0.1) is 18.8 Å². The van der Waals surface area contributed by atoms with Gasteiger partial charge in [0.1, 0.15) is 5.82 Å². The average molecular weight is 441 g/mol. The molecule has 5 nitrogen and oxygen atoms in total. The van der Waals surface area contributed by atoms with E-state index in [1.165, 1.54) is 41.5 Å².